The Morgan fingerprint density at radius 1 is 1.44 bits per heavy atom. The summed E-state index contributed by atoms with van der Waals surface area (Å²) in [6, 6.07) is 0. The maximum absolute atomic E-state index is 10.3. The van der Waals surface area contributed by atoms with Crippen LogP contribution in [0.25, 0.3) is 0 Å². The summed E-state index contributed by atoms with van der Waals surface area (Å²) in [6.07, 6.45) is 3.66. The van der Waals surface area contributed by atoms with Crippen molar-refractivity contribution in [3.05, 3.63) is 0 Å². The normalized spacial score (nSPS) is 21.9. The van der Waals surface area contributed by atoms with Crippen molar-refractivity contribution in [1.29, 1.82) is 0 Å². The van der Waals surface area contributed by atoms with Crippen molar-refractivity contribution in [1.82, 2.24) is 0 Å². The molecule has 0 spiro atoms. The Bertz CT molecular complexity index is 270. The van der Waals surface area contributed by atoms with Crippen LogP contribution in [0.4, 0.5) is 0 Å². The van der Waals surface area contributed by atoms with Gasteiger partial charge in [0.15, 0.2) is 6.10 Å². The molecule has 0 amide bonds. The average Bonchev–Trinajstić information content (AvgIpc) is 2.29. The van der Waals surface area contributed by atoms with Gasteiger partial charge in [-0.1, -0.05) is 0 Å². The number of carbonyl (C=O) groups is 1. The molecule has 1 rings (SSSR count). The Kier molecular flexibility index (Phi) is 5.91. The van der Waals surface area contributed by atoms with E-state index in [1.54, 1.807) is 0 Å². The number of hydrogen-bond donors (Lipinski definition) is 2. The standard InChI is InChI=1S/C12H18O4/c13-11(12(14)15)8-3-1-2-6-10-7-4-5-9-16-10/h10-11,13H,3-9H2,(H,14,15). The highest BCUT2D eigenvalue weighted by Crippen LogP contribution is 2.14. The number of aliphatic hydroxyl groups excluding tert-OH is 1. The van der Waals surface area contributed by atoms with E-state index in [1.165, 1.54) is 6.42 Å². The van der Waals surface area contributed by atoms with Crippen molar-refractivity contribution in [3.8, 4) is 11.8 Å². The molecular formula is C12H18O4. The Morgan fingerprint density at radius 3 is 2.88 bits per heavy atom. The van der Waals surface area contributed by atoms with E-state index in [0.29, 0.717) is 12.8 Å². The van der Waals surface area contributed by atoms with Crippen molar-refractivity contribution in [2.24, 2.45) is 0 Å². The molecule has 4 heteroatoms. The minimum absolute atomic E-state index is 0.188. The zero-order valence-electron chi connectivity index (χ0n) is 9.32. The van der Waals surface area contributed by atoms with Gasteiger partial charge in [-0.25, -0.2) is 4.79 Å². The Labute approximate surface area is 95.6 Å². The van der Waals surface area contributed by atoms with Crippen molar-refractivity contribution >= 4 is 5.97 Å². The molecule has 4 nitrogen and oxygen atoms in total. The summed E-state index contributed by atoms with van der Waals surface area (Å²) >= 11 is 0. The van der Waals surface area contributed by atoms with Crippen LogP contribution in [0, 0.1) is 11.8 Å². The molecule has 0 radical (unpaired) electrons. The number of carboxylic acids is 1. The number of ether oxygens (including phenoxy) is 1. The molecule has 16 heavy (non-hydrogen) atoms. The highest BCUT2D eigenvalue weighted by atomic mass is 16.5. The molecule has 1 aliphatic rings. The largest absolute Gasteiger partial charge is 0.479 e. The molecule has 0 saturated carbocycles. The molecule has 2 atom stereocenters. The summed E-state index contributed by atoms with van der Waals surface area (Å²) in [6.45, 7) is 0.823. The minimum atomic E-state index is -1.29. The van der Waals surface area contributed by atoms with Gasteiger partial charge in [0.2, 0.25) is 0 Å². The van der Waals surface area contributed by atoms with E-state index in [-0.39, 0.29) is 12.5 Å². The zero-order chi connectivity index (χ0) is 11.8. The molecule has 0 aromatic heterocycles. The van der Waals surface area contributed by atoms with Crippen LogP contribution in [0.3, 0.4) is 0 Å². The Balaban J connectivity index is 2.10. The van der Waals surface area contributed by atoms with Gasteiger partial charge in [0.25, 0.3) is 0 Å². The quantitative estimate of drug-likeness (QED) is 0.706. The van der Waals surface area contributed by atoms with Crippen LogP contribution in [-0.4, -0.2) is 35.0 Å². The van der Waals surface area contributed by atoms with Gasteiger partial charge in [-0.3, -0.25) is 0 Å². The summed E-state index contributed by atoms with van der Waals surface area (Å²) in [5.74, 6) is 4.65. The van der Waals surface area contributed by atoms with Crippen LogP contribution in [0.1, 0.15) is 38.5 Å². The predicted molar refractivity (Wildman–Crippen MR) is 58.9 cm³/mol. The maximum Gasteiger partial charge on any atom is 0.332 e. The van der Waals surface area contributed by atoms with E-state index in [1.807, 2.05) is 0 Å². The van der Waals surface area contributed by atoms with Crippen LogP contribution < -0.4 is 0 Å². The first-order chi connectivity index (χ1) is 7.70. The van der Waals surface area contributed by atoms with Gasteiger partial charge in [0, 0.05) is 19.4 Å². The van der Waals surface area contributed by atoms with Gasteiger partial charge < -0.3 is 14.9 Å². The summed E-state index contributed by atoms with van der Waals surface area (Å²) in [7, 11) is 0. The first kappa shape index (κ1) is 13.0. The summed E-state index contributed by atoms with van der Waals surface area (Å²) in [5.41, 5.74) is 0. The number of rotatable bonds is 4. The van der Waals surface area contributed by atoms with E-state index in [2.05, 4.69) is 11.8 Å². The number of aliphatic hydroxyl groups is 1. The van der Waals surface area contributed by atoms with E-state index in [0.717, 1.165) is 19.4 Å². The lowest BCUT2D eigenvalue weighted by Gasteiger charge is -2.20. The predicted octanol–water partition coefficient (Wildman–Crippen LogP) is 1.17. The molecule has 90 valence electrons. The minimum Gasteiger partial charge on any atom is -0.479 e. The highest BCUT2D eigenvalue weighted by Gasteiger charge is 2.12. The third-order valence-electron chi connectivity index (χ3n) is 2.56. The van der Waals surface area contributed by atoms with Crippen LogP contribution in [0.2, 0.25) is 0 Å². The summed E-state index contributed by atoms with van der Waals surface area (Å²) < 4.78 is 5.50. The van der Waals surface area contributed by atoms with Gasteiger partial charge >= 0.3 is 5.97 Å². The lowest BCUT2D eigenvalue weighted by atomic mass is 10.1. The van der Waals surface area contributed by atoms with E-state index < -0.39 is 12.1 Å². The second kappa shape index (κ2) is 7.26. The fourth-order valence-corrected chi connectivity index (χ4v) is 1.58. The molecule has 1 saturated heterocycles. The summed E-state index contributed by atoms with van der Waals surface area (Å²) in [4.78, 5) is 10.3. The van der Waals surface area contributed by atoms with E-state index in [9.17, 15) is 4.79 Å². The van der Waals surface area contributed by atoms with Gasteiger partial charge in [0.05, 0.1) is 6.10 Å². The average molecular weight is 226 g/mol. The number of carboxylic acid groups (broad SMARTS) is 1. The third-order valence-corrected chi connectivity index (χ3v) is 2.56. The molecule has 2 N–H and O–H groups in total. The fourth-order valence-electron chi connectivity index (χ4n) is 1.58. The Morgan fingerprint density at radius 2 is 2.25 bits per heavy atom. The molecule has 2 unspecified atom stereocenters. The SMILES string of the molecule is O=C(O)C(O)CCC#CCC1CCCCO1. The molecule has 0 aromatic rings. The molecule has 0 aliphatic carbocycles. The highest BCUT2D eigenvalue weighted by molar-refractivity contribution is 5.71. The lowest BCUT2D eigenvalue weighted by Crippen LogP contribution is -2.19. The first-order valence-electron chi connectivity index (χ1n) is 5.68. The molecule has 0 bridgehead atoms. The maximum atomic E-state index is 10.3. The van der Waals surface area contributed by atoms with Crippen molar-refractivity contribution in [3.63, 3.8) is 0 Å². The molecule has 0 aromatic carbocycles. The van der Waals surface area contributed by atoms with Crippen LogP contribution in [0.5, 0.6) is 0 Å². The molecular weight excluding hydrogens is 208 g/mol. The van der Waals surface area contributed by atoms with Crippen molar-refractivity contribution in [2.75, 3.05) is 6.61 Å². The summed E-state index contributed by atoms with van der Waals surface area (Å²) in [5, 5.41) is 17.4. The van der Waals surface area contributed by atoms with E-state index in [4.69, 9.17) is 14.9 Å². The molecule has 1 aliphatic heterocycles. The first-order valence-corrected chi connectivity index (χ1v) is 5.68. The van der Waals surface area contributed by atoms with Crippen LogP contribution in [0.15, 0.2) is 0 Å². The van der Waals surface area contributed by atoms with Crippen molar-refractivity contribution < 1.29 is 19.7 Å². The zero-order valence-corrected chi connectivity index (χ0v) is 9.32. The van der Waals surface area contributed by atoms with Gasteiger partial charge in [-0.2, -0.15) is 0 Å². The molecule has 1 heterocycles. The second-order valence-electron chi connectivity index (χ2n) is 3.94. The van der Waals surface area contributed by atoms with E-state index >= 15 is 0 Å². The molecule has 1 fully saturated rings. The Hall–Kier alpha value is -1.05. The second-order valence-corrected chi connectivity index (χ2v) is 3.94. The van der Waals surface area contributed by atoms with Gasteiger partial charge in [0.1, 0.15) is 0 Å². The fraction of sp³-hybridized carbons (Fsp3) is 0.750. The van der Waals surface area contributed by atoms with Gasteiger partial charge in [-0.05, 0) is 25.7 Å². The van der Waals surface area contributed by atoms with Crippen LogP contribution >= 0.6 is 0 Å². The number of hydrogen-bond acceptors (Lipinski definition) is 3. The number of aliphatic carboxylic acids is 1. The smallest absolute Gasteiger partial charge is 0.332 e. The third kappa shape index (κ3) is 5.15. The monoisotopic (exact) mass is 226 g/mol. The van der Waals surface area contributed by atoms with Gasteiger partial charge in [-0.15, -0.1) is 11.8 Å². The van der Waals surface area contributed by atoms with Crippen LogP contribution in [-0.2, 0) is 9.53 Å². The lowest BCUT2D eigenvalue weighted by molar-refractivity contribution is -0.146. The van der Waals surface area contributed by atoms with Crippen molar-refractivity contribution in [2.45, 2.75) is 50.7 Å². The topological polar surface area (TPSA) is 66.8 Å².